The smallest absolute Gasteiger partial charge is 0.230 e. The van der Waals surface area contributed by atoms with Gasteiger partial charge in [-0.3, -0.25) is 15.0 Å². The van der Waals surface area contributed by atoms with Crippen LogP contribution < -0.4 is 10.7 Å². The average Bonchev–Trinajstić information content (AvgIpc) is 3.51. The molecule has 4 aliphatic rings. The molecule has 2 saturated carbocycles. The fraction of sp³-hybridized carbons (Fsp3) is 0.640. The summed E-state index contributed by atoms with van der Waals surface area (Å²) in [6.45, 7) is 2.79. The third kappa shape index (κ3) is 4.63. The number of amides is 2. The molecule has 2 aliphatic carbocycles. The van der Waals surface area contributed by atoms with Crippen molar-refractivity contribution in [1.29, 1.82) is 0 Å². The van der Waals surface area contributed by atoms with E-state index < -0.39 is 0 Å². The zero-order valence-electron chi connectivity index (χ0n) is 19.7. The average molecular weight is 504 g/mol. The van der Waals surface area contributed by atoms with Crippen LogP contribution in [0.1, 0.15) is 63.9 Å². The second kappa shape index (κ2) is 10.4. The minimum atomic E-state index is -0.279. The van der Waals surface area contributed by atoms with Gasteiger partial charge in [0, 0.05) is 35.3 Å². The number of benzene rings is 1. The van der Waals surface area contributed by atoms with Crippen molar-refractivity contribution in [2.24, 2.45) is 16.9 Å². The molecule has 7 nitrogen and oxygen atoms in total. The first-order valence-electron chi connectivity index (χ1n) is 12.7. The van der Waals surface area contributed by atoms with E-state index in [1.54, 1.807) is 11.8 Å². The van der Waals surface area contributed by atoms with E-state index >= 15 is 0 Å². The molecule has 1 saturated heterocycles. The van der Waals surface area contributed by atoms with Gasteiger partial charge in [-0.05, 0) is 50.2 Å². The van der Waals surface area contributed by atoms with Crippen LogP contribution in [0.4, 0.5) is 0 Å². The summed E-state index contributed by atoms with van der Waals surface area (Å²) in [6, 6.07) is 8.16. The van der Waals surface area contributed by atoms with Gasteiger partial charge in [0.15, 0.2) is 11.5 Å². The maximum Gasteiger partial charge on any atom is 0.230 e. The molecule has 34 heavy (non-hydrogen) atoms. The fourth-order valence-electron chi connectivity index (χ4n) is 5.92. The van der Waals surface area contributed by atoms with Crippen LogP contribution in [-0.2, 0) is 15.3 Å². The maximum atomic E-state index is 13.5. The molecule has 9 heteroatoms. The highest BCUT2D eigenvalue weighted by molar-refractivity contribution is 8.13. The van der Waals surface area contributed by atoms with E-state index in [0.29, 0.717) is 24.8 Å². The third-order valence-corrected chi connectivity index (χ3v) is 9.07. The second-order valence-corrected chi connectivity index (χ2v) is 11.2. The van der Waals surface area contributed by atoms with Gasteiger partial charge in [-0.2, -0.15) is 5.10 Å². The number of hydrogen-bond acceptors (Lipinski definition) is 6. The molecular weight excluding hydrogens is 470 g/mol. The summed E-state index contributed by atoms with van der Waals surface area (Å²) in [4.78, 5) is 30.8. The van der Waals surface area contributed by atoms with Crippen molar-refractivity contribution in [2.75, 3.05) is 6.54 Å². The highest BCUT2D eigenvalue weighted by atomic mass is 35.5. The molecule has 0 spiro atoms. The Morgan fingerprint density at radius 3 is 2.79 bits per heavy atom. The first kappa shape index (κ1) is 23.8. The molecule has 5 rings (SSSR count). The van der Waals surface area contributed by atoms with Crippen molar-refractivity contribution >= 4 is 40.3 Å². The molecule has 4 unspecified atom stereocenters. The summed E-state index contributed by atoms with van der Waals surface area (Å²) in [5.41, 5.74) is 4.29. The number of nitrogens with zero attached hydrogens (tertiary/aromatic N) is 3. The van der Waals surface area contributed by atoms with Crippen LogP contribution in [-0.4, -0.2) is 51.7 Å². The van der Waals surface area contributed by atoms with E-state index in [-0.39, 0.29) is 36.0 Å². The zero-order chi connectivity index (χ0) is 23.7. The number of carbonyl (C=O) groups is 2. The first-order valence-corrected chi connectivity index (χ1v) is 14.0. The fourth-order valence-corrected chi connectivity index (χ4v) is 7.24. The van der Waals surface area contributed by atoms with E-state index in [1.165, 1.54) is 12.8 Å². The molecular formula is C25H34ClN5O2S. The van der Waals surface area contributed by atoms with Crippen molar-refractivity contribution in [1.82, 2.24) is 20.5 Å². The summed E-state index contributed by atoms with van der Waals surface area (Å²) >= 11 is 8.03. The SMILES string of the molecule is CCCN1C(=O)C2CCC(C(=O)NC3CCCC3)CC2N2C(SCc3ccccc3Cl)=NNC12. The molecule has 4 atom stereocenters. The highest BCUT2D eigenvalue weighted by Gasteiger charge is 2.52. The van der Waals surface area contributed by atoms with Gasteiger partial charge in [0.05, 0.1) is 5.92 Å². The molecule has 1 aromatic rings. The monoisotopic (exact) mass is 503 g/mol. The van der Waals surface area contributed by atoms with Crippen LogP contribution in [0.2, 0.25) is 5.02 Å². The Morgan fingerprint density at radius 2 is 2.03 bits per heavy atom. The van der Waals surface area contributed by atoms with Crippen LogP contribution in [0.5, 0.6) is 0 Å². The predicted molar refractivity (Wildman–Crippen MR) is 136 cm³/mol. The molecule has 2 amide bonds. The van der Waals surface area contributed by atoms with E-state index in [0.717, 1.165) is 47.9 Å². The topological polar surface area (TPSA) is 77.0 Å². The zero-order valence-corrected chi connectivity index (χ0v) is 21.3. The minimum Gasteiger partial charge on any atom is -0.353 e. The number of hydrogen-bond donors (Lipinski definition) is 2. The summed E-state index contributed by atoms with van der Waals surface area (Å²) in [6.07, 6.45) is 7.40. The first-order chi connectivity index (χ1) is 16.6. The van der Waals surface area contributed by atoms with E-state index in [9.17, 15) is 9.59 Å². The number of hydrazone groups is 1. The Balaban J connectivity index is 1.34. The second-order valence-electron chi connectivity index (χ2n) is 9.89. The molecule has 2 aliphatic heterocycles. The van der Waals surface area contributed by atoms with Crippen molar-refractivity contribution in [2.45, 2.75) is 82.4 Å². The number of rotatable bonds is 6. The normalized spacial score (nSPS) is 28.9. The van der Waals surface area contributed by atoms with Gasteiger partial charge in [0.2, 0.25) is 11.8 Å². The Labute approximate surface area is 211 Å². The largest absolute Gasteiger partial charge is 0.353 e. The summed E-state index contributed by atoms with van der Waals surface area (Å²) in [7, 11) is 0. The Hall–Kier alpha value is -1.93. The lowest BCUT2D eigenvalue weighted by Gasteiger charge is -2.51. The molecule has 0 aromatic heterocycles. The van der Waals surface area contributed by atoms with E-state index in [4.69, 9.17) is 11.6 Å². The van der Waals surface area contributed by atoms with Crippen LogP contribution in [0.3, 0.4) is 0 Å². The summed E-state index contributed by atoms with van der Waals surface area (Å²) in [5.74, 6) is 0.920. The maximum absolute atomic E-state index is 13.5. The number of fused-ring (bicyclic) bond motifs is 3. The molecule has 1 aromatic carbocycles. The Kier molecular flexibility index (Phi) is 7.25. The number of amidine groups is 1. The van der Waals surface area contributed by atoms with Gasteiger partial charge in [-0.15, -0.1) is 0 Å². The number of carbonyl (C=O) groups excluding carboxylic acids is 2. The van der Waals surface area contributed by atoms with Gasteiger partial charge in [-0.25, -0.2) is 0 Å². The van der Waals surface area contributed by atoms with Gasteiger partial charge < -0.3 is 15.1 Å². The Bertz CT molecular complexity index is 953. The van der Waals surface area contributed by atoms with Crippen molar-refractivity contribution in [3.05, 3.63) is 34.9 Å². The van der Waals surface area contributed by atoms with Crippen LogP contribution >= 0.6 is 23.4 Å². The standard InChI is InChI=1S/C25H34ClN5O2S/c1-2-13-30-23(33)19-12-11-16(22(32)27-18-8-4-5-9-18)14-21(19)31-24(30)28-29-25(31)34-15-17-7-3-6-10-20(17)26/h3,6-7,10,16,18-19,21,24,28H,2,4-5,8-9,11-15H2,1H3,(H,27,32). The summed E-state index contributed by atoms with van der Waals surface area (Å²) in [5, 5.41) is 9.57. The number of halogens is 1. The summed E-state index contributed by atoms with van der Waals surface area (Å²) < 4.78 is 0. The van der Waals surface area contributed by atoms with Crippen LogP contribution in [0.25, 0.3) is 0 Å². The third-order valence-electron chi connectivity index (χ3n) is 7.68. The van der Waals surface area contributed by atoms with Crippen molar-refractivity contribution < 1.29 is 9.59 Å². The molecule has 184 valence electrons. The van der Waals surface area contributed by atoms with E-state index in [1.807, 2.05) is 29.2 Å². The van der Waals surface area contributed by atoms with Crippen LogP contribution in [0, 0.1) is 11.8 Å². The van der Waals surface area contributed by atoms with Gasteiger partial charge >= 0.3 is 0 Å². The van der Waals surface area contributed by atoms with Gasteiger partial charge in [0.1, 0.15) is 0 Å². The quantitative estimate of drug-likeness (QED) is 0.610. The lowest BCUT2D eigenvalue weighted by atomic mass is 9.75. The number of nitrogens with one attached hydrogen (secondary N) is 2. The van der Waals surface area contributed by atoms with Gasteiger partial charge in [0.25, 0.3) is 0 Å². The molecule has 2 heterocycles. The van der Waals surface area contributed by atoms with E-state index in [2.05, 4.69) is 27.7 Å². The molecule has 2 N–H and O–H groups in total. The van der Waals surface area contributed by atoms with Crippen molar-refractivity contribution in [3.63, 3.8) is 0 Å². The highest BCUT2D eigenvalue weighted by Crippen LogP contribution is 2.41. The Morgan fingerprint density at radius 1 is 1.24 bits per heavy atom. The minimum absolute atomic E-state index is 0.0221. The lowest BCUT2D eigenvalue weighted by Crippen LogP contribution is -2.68. The van der Waals surface area contributed by atoms with Gasteiger partial charge in [-0.1, -0.05) is 61.3 Å². The number of thioether (sulfide) groups is 1. The molecule has 0 radical (unpaired) electrons. The van der Waals surface area contributed by atoms with Crippen LogP contribution in [0.15, 0.2) is 29.4 Å². The molecule has 0 bridgehead atoms. The lowest BCUT2D eigenvalue weighted by molar-refractivity contribution is -0.157. The predicted octanol–water partition coefficient (Wildman–Crippen LogP) is 4.13. The van der Waals surface area contributed by atoms with Crippen molar-refractivity contribution in [3.8, 4) is 0 Å². The molecule has 3 fully saturated rings.